The van der Waals surface area contributed by atoms with Crippen molar-refractivity contribution in [1.82, 2.24) is 0 Å². The number of hydrogen-bond acceptors (Lipinski definition) is 3. The van der Waals surface area contributed by atoms with E-state index in [-0.39, 0.29) is 10.6 Å². The largest absolute Gasteiger partial charge is 0.497 e. The first-order chi connectivity index (χ1) is 14.7. The lowest BCUT2D eigenvalue weighted by Crippen LogP contribution is -2.72. The minimum Gasteiger partial charge on any atom is -0.497 e. The molecule has 0 N–H and O–H groups in total. The van der Waals surface area contributed by atoms with Crippen molar-refractivity contribution in [2.75, 3.05) is 7.11 Å². The number of methoxy groups -OCH3 is 1. The molecule has 0 spiro atoms. The highest BCUT2D eigenvalue weighted by atomic mass is 28.3. The van der Waals surface area contributed by atoms with Crippen LogP contribution in [0.5, 0.6) is 5.75 Å². The standard InChI is InChI=1S/C25H19NO3Si/c1-29-19-13-15-23-22-14-12-18(26(27)28)16-24(22)30(25(23)17-19,20-8-4-2-5-9-20)21-10-6-3-7-11-21/h2-17H,1H3. The highest BCUT2D eigenvalue weighted by Gasteiger charge is 2.49. The van der Waals surface area contributed by atoms with Gasteiger partial charge in [0.25, 0.3) is 5.69 Å². The van der Waals surface area contributed by atoms with E-state index in [1.165, 1.54) is 15.6 Å². The van der Waals surface area contributed by atoms with E-state index in [1.807, 2.05) is 48.5 Å². The Morgan fingerprint density at radius 2 is 1.27 bits per heavy atom. The first-order valence-corrected chi connectivity index (χ1v) is 11.7. The van der Waals surface area contributed by atoms with Gasteiger partial charge in [0.05, 0.1) is 12.0 Å². The molecule has 0 saturated heterocycles. The summed E-state index contributed by atoms with van der Waals surface area (Å²) in [5.41, 5.74) is 2.31. The SMILES string of the molecule is COc1ccc2c(c1)[Si](c1ccccc1)(c1ccccc1)c1cc([N+](=O)[O-])ccc1-2. The summed E-state index contributed by atoms with van der Waals surface area (Å²) < 4.78 is 5.58. The summed E-state index contributed by atoms with van der Waals surface area (Å²) in [7, 11) is -1.07. The molecule has 0 fully saturated rings. The first kappa shape index (κ1) is 18.3. The van der Waals surface area contributed by atoms with Crippen molar-refractivity contribution >= 4 is 34.5 Å². The van der Waals surface area contributed by atoms with Crippen LogP contribution in [0, 0.1) is 10.1 Å². The molecule has 30 heavy (non-hydrogen) atoms. The summed E-state index contributed by atoms with van der Waals surface area (Å²) in [5, 5.41) is 16.3. The third-order valence-electron chi connectivity index (χ3n) is 5.95. The van der Waals surface area contributed by atoms with Crippen molar-refractivity contribution in [3.05, 3.63) is 107 Å². The molecule has 0 unspecified atom stereocenters. The average Bonchev–Trinajstić information content (AvgIpc) is 3.10. The highest BCUT2D eigenvalue weighted by molar-refractivity contribution is 7.22. The van der Waals surface area contributed by atoms with E-state index in [2.05, 4.69) is 36.4 Å². The Balaban J connectivity index is 1.97. The lowest BCUT2D eigenvalue weighted by atomic mass is 10.1. The Morgan fingerprint density at radius 3 is 1.80 bits per heavy atom. The van der Waals surface area contributed by atoms with Gasteiger partial charge >= 0.3 is 0 Å². The molecule has 5 heteroatoms. The van der Waals surface area contributed by atoms with Crippen LogP contribution in [0.3, 0.4) is 0 Å². The average molecular weight is 410 g/mol. The van der Waals surface area contributed by atoms with Gasteiger partial charge in [0, 0.05) is 12.1 Å². The number of ether oxygens (including phenoxy) is 1. The van der Waals surface area contributed by atoms with Crippen LogP contribution in [0.25, 0.3) is 11.1 Å². The lowest BCUT2D eigenvalue weighted by molar-refractivity contribution is -0.384. The zero-order chi connectivity index (χ0) is 20.7. The number of hydrogen-bond donors (Lipinski definition) is 0. The van der Waals surface area contributed by atoms with Crippen molar-refractivity contribution in [1.29, 1.82) is 0 Å². The van der Waals surface area contributed by atoms with Crippen LogP contribution in [0.4, 0.5) is 5.69 Å². The summed E-state index contributed by atoms with van der Waals surface area (Å²) in [6, 6.07) is 32.2. The van der Waals surface area contributed by atoms with Crippen LogP contribution in [0.1, 0.15) is 0 Å². The van der Waals surface area contributed by atoms with Gasteiger partial charge in [-0.2, -0.15) is 0 Å². The van der Waals surface area contributed by atoms with Gasteiger partial charge in [0.2, 0.25) is 0 Å². The minimum atomic E-state index is -2.74. The number of nitro benzene ring substituents is 1. The third kappa shape index (κ3) is 2.52. The Hall–Kier alpha value is -3.70. The van der Waals surface area contributed by atoms with Crippen molar-refractivity contribution in [2.45, 2.75) is 0 Å². The zero-order valence-electron chi connectivity index (χ0n) is 16.4. The molecule has 1 aliphatic rings. The van der Waals surface area contributed by atoms with E-state index in [9.17, 15) is 10.1 Å². The van der Waals surface area contributed by atoms with E-state index in [0.29, 0.717) is 0 Å². The molecule has 0 aromatic heterocycles. The maximum atomic E-state index is 11.7. The third-order valence-corrected chi connectivity index (χ3v) is 10.8. The fourth-order valence-corrected chi connectivity index (χ4v) is 9.92. The van der Waals surface area contributed by atoms with Gasteiger partial charge in [-0.1, -0.05) is 66.7 Å². The molecular formula is C25H19NO3Si. The Morgan fingerprint density at radius 1 is 0.733 bits per heavy atom. The van der Waals surface area contributed by atoms with Gasteiger partial charge in [-0.25, -0.2) is 0 Å². The normalized spacial score (nSPS) is 13.4. The second-order valence-corrected chi connectivity index (χ2v) is 11.1. The summed E-state index contributed by atoms with van der Waals surface area (Å²) in [5.74, 6) is 0.791. The van der Waals surface area contributed by atoms with Gasteiger partial charge in [0.1, 0.15) is 5.75 Å². The second kappa shape index (κ2) is 6.97. The number of rotatable bonds is 4. The quantitative estimate of drug-likeness (QED) is 0.261. The topological polar surface area (TPSA) is 52.4 Å². The lowest BCUT2D eigenvalue weighted by Gasteiger charge is -2.31. The second-order valence-electron chi connectivity index (χ2n) is 7.38. The molecule has 5 rings (SSSR count). The molecular weight excluding hydrogens is 390 g/mol. The molecule has 0 atom stereocenters. The van der Waals surface area contributed by atoms with E-state index in [4.69, 9.17) is 4.74 Å². The van der Waals surface area contributed by atoms with Gasteiger partial charge in [-0.15, -0.1) is 0 Å². The first-order valence-electron chi connectivity index (χ1n) is 9.75. The molecule has 146 valence electrons. The predicted octanol–water partition coefficient (Wildman–Crippen LogP) is 2.96. The maximum Gasteiger partial charge on any atom is 0.269 e. The summed E-state index contributed by atoms with van der Waals surface area (Å²) in [6.07, 6.45) is 0. The van der Waals surface area contributed by atoms with Crippen LogP contribution < -0.4 is 25.5 Å². The van der Waals surface area contributed by atoms with E-state index >= 15 is 0 Å². The van der Waals surface area contributed by atoms with Gasteiger partial charge in [-0.3, -0.25) is 10.1 Å². The highest BCUT2D eigenvalue weighted by Crippen LogP contribution is 2.32. The molecule has 1 aliphatic heterocycles. The molecule has 0 bridgehead atoms. The van der Waals surface area contributed by atoms with Crippen molar-refractivity contribution in [3.63, 3.8) is 0 Å². The Labute approximate surface area is 175 Å². The van der Waals surface area contributed by atoms with Gasteiger partial charge < -0.3 is 4.74 Å². The number of fused-ring (bicyclic) bond motifs is 3. The molecule has 1 heterocycles. The van der Waals surface area contributed by atoms with Crippen LogP contribution in [-0.4, -0.2) is 20.1 Å². The molecule has 0 radical (unpaired) electrons. The van der Waals surface area contributed by atoms with E-state index < -0.39 is 8.07 Å². The van der Waals surface area contributed by atoms with E-state index in [0.717, 1.165) is 22.1 Å². The fourth-order valence-electron chi connectivity index (χ4n) is 4.70. The van der Waals surface area contributed by atoms with Crippen molar-refractivity contribution in [3.8, 4) is 16.9 Å². The number of benzene rings is 4. The monoisotopic (exact) mass is 409 g/mol. The molecule has 4 nitrogen and oxygen atoms in total. The number of nitro groups is 1. The number of nitrogens with zero attached hydrogens (tertiary/aromatic N) is 1. The summed E-state index contributed by atoms with van der Waals surface area (Å²) in [4.78, 5) is 11.4. The smallest absolute Gasteiger partial charge is 0.269 e. The molecule has 4 aromatic rings. The Bertz CT molecular complexity index is 1220. The predicted molar refractivity (Wildman–Crippen MR) is 122 cm³/mol. The zero-order valence-corrected chi connectivity index (χ0v) is 17.4. The molecule has 4 aromatic carbocycles. The van der Waals surface area contributed by atoms with Gasteiger partial charge in [-0.05, 0) is 50.1 Å². The number of non-ortho nitro benzene ring substituents is 1. The van der Waals surface area contributed by atoms with Crippen LogP contribution in [0.2, 0.25) is 0 Å². The fraction of sp³-hybridized carbons (Fsp3) is 0.0400. The van der Waals surface area contributed by atoms with Crippen molar-refractivity contribution in [2.24, 2.45) is 0 Å². The van der Waals surface area contributed by atoms with Crippen LogP contribution >= 0.6 is 0 Å². The molecule has 0 aliphatic carbocycles. The molecule has 0 saturated carbocycles. The van der Waals surface area contributed by atoms with E-state index in [1.54, 1.807) is 19.2 Å². The minimum absolute atomic E-state index is 0.122. The summed E-state index contributed by atoms with van der Waals surface area (Å²) >= 11 is 0. The van der Waals surface area contributed by atoms with Gasteiger partial charge in [0.15, 0.2) is 8.07 Å². The molecule has 0 amide bonds. The maximum absolute atomic E-state index is 11.7. The van der Waals surface area contributed by atoms with Crippen LogP contribution in [-0.2, 0) is 0 Å². The van der Waals surface area contributed by atoms with Crippen LogP contribution in [0.15, 0.2) is 97.1 Å². The summed E-state index contributed by atoms with van der Waals surface area (Å²) in [6.45, 7) is 0. The van der Waals surface area contributed by atoms with Crippen molar-refractivity contribution < 1.29 is 9.66 Å². The Kier molecular flexibility index (Phi) is 4.26.